The van der Waals surface area contributed by atoms with E-state index in [2.05, 4.69) is 20.7 Å². The molecule has 4 nitrogen and oxygen atoms in total. The van der Waals surface area contributed by atoms with Gasteiger partial charge in [-0.2, -0.15) is 0 Å². The van der Waals surface area contributed by atoms with E-state index in [-0.39, 0.29) is 16.7 Å². The minimum Gasteiger partial charge on any atom is -0.395 e. The molecule has 0 saturated heterocycles. The van der Waals surface area contributed by atoms with Gasteiger partial charge in [-0.3, -0.25) is 0 Å². The largest absolute Gasteiger partial charge is 0.395 e. The summed E-state index contributed by atoms with van der Waals surface area (Å²) in [5, 5.41) is 9.21. The van der Waals surface area contributed by atoms with Crippen LogP contribution in [0.1, 0.15) is 20.3 Å². The van der Waals surface area contributed by atoms with Crippen molar-refractivity contribution in [3.63, 3.8) is 0 Å². The zero-order valence-corrected chi connectivity index (χ0v) is 12.9. The van der Waals surface area contributed by atoms with Gasteiger partial charge in [0, 0.05) is 6.04 Å². The van der Waals surface area contributed by atoms with Gasteiger partial charge in [-0.15, -0.1) is 11.3 Å². The van der Waals surface area contributed by atoms with Crippen LogP contribution >= 0.6 is 27.3 Å². The first-order chi connectivity index (χ1) is 7.90. The highest BCUT2D eigenvalue weighted by molar-refractivity contribution is 9.11. The zero-order valence-electron chi connectivity index (χ0n) is 9.68. The Morgan fingerprint density at radius 3 is 2.59 bits per heavy atom. The molecule has 98 valence electrons. The third-order valence-electron chi connectivity index (χ3n) is 2.65. The quantitative estimate of drug-likeness (QED) is 0.833. The molecule has 0 saturated carbocycles. The van der Waals surface area contributed by atoms with Gasteiger partial charge in [-0.1, -0.05) is 20.3 Å². The average molecular weight is 342 g/mol. The molecule has 0 aliphatic carbocycles. The third kappa shape index (κ3) is 4.03. The van der Waals surface area contributed by atoms with E-state index in [0.717, 1.165) is 21.5 Å². The van der Waals surface area contributed by atoms with Gasteiger partial charge < -0.3 is 5.11 Å². The molecule has 0 spiro atoms. The van der Waals surface area contributed by atoms with Crippen LogP contribution in [0.4, 0.5) is 0 Å². The van der Waals surface area contributed by atoms with E-state index >= 15 is 0 Å². The lowest BCUT2D eigenvalue weighted by Crippen LogP contribution is -2.41. The second kappa shape index (κ2) is 6.29. The van der Waals surface area contributed by atoms with Crippen LogP contribution in [0, 0.1) is 5.92 Å². The van der Waals surface area contributed by atoms with Crippen LogP contribution in [-0.4, -0.2) is 26.2 Å². The number of sulfonamides is 1. The molecule has 0 unspecified atom stereocenters. The molecule has 7 heteroatoms. The number of nitrogens with one attached hydrogen (secondary N) is 1. The Morgan fingerprint density at radius 1 is 1.53 bits per heavy atom. The van der Waals surface area contributed by atoms with Gasteiger partial charge in [0.1, 0.15) is 4.21 Å². The van der Waals surface area contributed by atoms with Gasteiger partial charge in [0.15, 0.2) is 0 Å². The summed E-state index contributed by atoms with van der Waals surface area (Å²) in [6, 6.07) is 2.80. The Kier molecular flexibility index (Phi) is 5.59. The normalized spacial score (nSPS) is 15.8. The molecule has 0 amide bonds. The average Bonchev–Trinajstić information content (AvgIpc) is 2.72. The van der Waals surface area contributed by atoms with Crippen molar-refractivity contribution in [3.05, 3.63) is 15.9 Å². The first kappa shape index (κ1) is 15.1. The van der Waals surface area contributed by atoms with Crippen LogP contribution in [0.5, 0.6) is 0 Å². The molecule has 1 aromatic heterocycles. The van der Waals surface area contributed by atoms with Gasteiger partial charge in [0.05, 0.1) is 10.4 Å². The van der Waals surface area contributed by atoms with Crippen LogP contribution < -0.4 is 4.72 Å². The summed E-state index contributed by atoms with van der Waals surface area (Å²) in [6.45, 7) is 3.68. The molecule has 1 rings (SSSR count). The van der Waals surface area contributed by atoms with E-state index in [4.69, 9.17) is 0 Å². The van der Waals surface area contributed by atoms with Crippen molar-refractivity contribution in [2.45, 2.75) is 30.5 Å². The number of rotatable bonds is 6. The molecule has 0 aliphatic heterocycles. The highest BCUT2D eigenvalue weighted by Gasteiger charge is 2.24. The van der Waals surface area contributed by atoms with Crippen molar-refractivity contribution in [2.24, 2.45) is 5.92 Å². The third-order valence-corrected chi connectivity index (χ3v) is 6.25. The van der Waals surface area contributed by atoms with E-state index in [1.165, 1.54) is 0 Å². The van der Waals surface area contributed by atoms with Gasteiger partial charge in [0.25, 0.3) is 0 Å². The molecule has 0 fully saturated rings. The van der Waals surface area contributed by atoms with Crippen molar-refractivity contribution in [1.29, 1.82) is 0 Å². The number of thiophene rings is 1. The van der Waals surface area contributed by atoms with Crippen LogP contribution in [0.3, 0.4) is 0 Å². The molecule has 0 bridgehead atoms. The van der Waals surface area contributed by atoms with E-state index in [1.54, 1.807) is 12.1 Å². The highest BCUT2D eigenvalue weighted by Crippen LogP contribution is 2.26. The second-order valence-corrected chi connectivity index (χ2v) is 8.26. The van der Waals surface area contributed by atoms with E-state index < -0.39 is 16.1 Å². The van der Waals surface area contributed by atoms with Crippen LogP contribution in [0.15, 0.2) is 20.1 Å². The lowest BCUT2D eigenvalue weighted by molar-refractivity contribution is 0.219. The molecule has 1 heterocycles. The number of aliphatic hydroxyl groups is 1. The Bertz CT molecular complexity index is 458. The van der Waals surface area contributed by atoms with Crippen molar-refractivity contribution in [3.8, 4) is 0 Å². The SMILES string of the molecule is CC[C@@H](C)[C@@H](CO)NS(=O)(=O)c1ccc(Br)s1. The maximum atomic E-state index is 12.0. The molecule has 1 aromatic rings. The predicted octanol–water partition coefficient (Wildman–Crippen LogP) is 2.20. The van der Waals surface area contributed by atoms with Crippen molar-refractivity contribution in [1.82, 2.24) is 4.72 Å². The van der Waals surface area contributed by atoms with Crippen LogP contribution in [-0.2, 0) is 10.0 Å². The molecule has 0 radical (unpaired) electrons. The number of hydrogen-bond donors (Lipinski definition) is 2. The predicted molar refractivity (Wildman–Crippen MR) is 72.7 cm³/mol. The minimum atomic E-state index is -3.53. The molecular formula is C10H16BrNO3S2. The zero-order chi connectivity index (χ0) is 13.1. The van der Waals surface area contributed by atoms with E-state index in [9.17, 15) is 13.5 Å². The van der Waals surface area contributed by atoms with Crippen molar-refractivity contribution in [2.75, 3.05) is 6.61 Å². The standard InChI is InChI=1S/C10H16BrNO3S2/c1-3-7(2)8(6-13)12-17(14,15)10-5-4-9(11)16-10/h4-5,7-8,12-13H,3,6H2,1-2H3/t7-,8-/m1/s1. The molecule has 2 atom stereocenters. The molecule has 0 aliphatic rings. The number of hydrogen-bond acceptors (Lipinski definition) is 4. The molecular weight excluding hydrogens is 326 g/mol. The maximum Gasteiger partial charge on any atom is 0.250 e. The smallest absolute Gasteiger partial charge is 0.250 e. The highest BCUT2D eigenvalue weighted by atomic mass is 79.9. The van der Waals surface area contributed by atoms with Crippen molar-refractivity contribution >= 4 is 37.3 Å². The Labute approximate surface area is 114 Å². The van der Waals surface area contributed by atoms with Crippen molar-refractivity contribution < 1.29 is 13.5 Å². The van der Waals surface area contributed by atoms with Gasteiger partial charge in [-0.05, 0) is 34.0 Å². The maximum absolute atomic E-state index is 12.0. The molecule has 17 heavy (non-hydrogen) atoms. The number of halogens is 1. The number of aliphatic hydroxyl groups excluding tert-OH is 1. The fourth-order valence-electron chi connectivity index (χ4n) is 1.32. The van der Waals surface area contributed by atoms with Gasteiger partial charge >= 0.3 is 0 Å². The first-order valence-electron chi connectivity index (χ1n) is 5.29. The molecule has 0 aromatic carbocycles. The van der Waals surface area contributed by atoms with Gasteiger partial charge in [0.2, 0.25) is 10.0 Å². The fourth-order valence-corrected chi connectivity index (χ4v) is 4.68. The Balaban J connectivity index is 2.85. The fraction of sp³-hybridized carbons (Fsp3) is 0.600. The minimum absolute atomic E-state index is 0.0955. The van der Waals surface area contributed by atoms with Crippen LogP contribution in [0.2, 0.25) is 0 Å². The summed E-state index contributed by atoms with van der Waals surface area (Å²) in [4.78, 5) is 0. The second-order valence-electron chi connectivity index (χ2n) is 3.85. The summed E-state index contributed by atoms with van der Waals surface area (Å²) >= 11 is 4.38. The van der Waals surface area contributed by atoms with E-state index in [1.807, 2.05) is 13.8 Å². The Morgan fingerprint density at radius 2 is 2.18 bits per heavy atom. The monoisotopic (exact) mass is 341 g/mol. The molecule has 2 N–H and O–H groups in total. The summed E-state index contributed by atoms with van der Waals surface area (Å²) in [5.74, 6) is 0.0955. The van der Waals surface area contributed by atoms with Crippen LogP contribution in [0.25, 0.3) is 0 Å². The summed E-state index contributed by atoms with van der Waals surface area (Å²) in [7, 11) is -3.53. The summed E-state index contributed by atoms with van der Waals surface area (Å²) in [5.41, 5.74) is 0. The summed E-state index contributed by atoms with van der Waals surface area (Å²) < 4.78 is 27.6. The first-order valence-corrected chi connectivity index (χ1v) is 8.38. The summed E-state index contributed by atoms with van der Waals surface area (Å²) in [6.07, 6.45) is 0.807. The van der Waals surface area contributed by atoms with E-state index in [0.29, 0.717) is 0 Å². The topological polar surface area (TPSA) is 66.4 Å². The Hall–Kier alpha value is 0.0500. The lowest BCUT2D eigenvalue weighted by atomic mass is 10.0. The lowest BCUT2D eigenvalue weighted by Gasteiger charge is -2.21. The van der Waals surface area contributed by atoms with Gasteiger partial charge in [-0.25, -0.2) is 13.1 Å².